The fourth-order valence-corrected chi connectivity index (χ4v) is 1.20. The molecule has 0 aromatic heterocycles. The van der Waals surface area contributed by atoms with Crippen molar-refractivity contribution in [3.8, 4) is 0 Å². The van der Waals surface area contributed by atoms with Crippen molar-refractivity contribution >= 4 is 23.8 Å². The van der Waals surface area contributed by atoms with E-state index in [9.17, 15) is 19.2 Å². The minimum absolute atomic E-state index is 0.133. The van der Waals surface area contributed by atoms with Crippen LogP contribution in [-0.2, 0) is 19.2 Å². The summed E-state index contributed by atoms with van der Waals surface area (Å²) in [5.74, 6) is -4.46. The number of amides is 1. The van der Waals surface area contributed by atoms with Crippen molar-refractivity contribution in [2.75, 3.05) is 0 Å². The Balaban J connectivity index is 4.20. The monoisotopic (exact) mass is 276 g/mol. The van der Waals surface area contributed by atoms with E-state index in [1.54, 1.807) is 0 Å². The van der Waals surface area contributed by atoms with E-state index >= 15 is 0 Å². The highest BCUT2D eigenvalue weighted by molar-refractivity contribution is 5.84. The average Bonchev–Trinajstić information content (AvgIpc) is 2.30. The minimum atomic E-state index is -1.35. The number of nitrogens with one attached hydrogen (secondary N) is 1. The van der Waals surface area contributed by atoms with Crippen LogP contribution in [0.4, 0.5) is 0 Å². The lowest BCUT2D eigenvalue weighted by atomic mass is 10.1. The molecule has 9 heteroatoms. The van der Waals surface area contributed by atoms with E-state index in [0.717, 1.165) is 0 Å². The van der Waals surface area contributed by atoms with Crippen LogP contribution in [0.3, 0.4) is 0 Å². The molecule has 0 aromatic rings. The summed E-state index contributed by atoms with van der Waals surface area (Å²) >= 11 is 0. The van der Waals surface area contributed by atoms with Gasteiger partial charge in [-0.3, -0.25) is 14.4 Å². The highest BCUT2D eigenvalue weighted by Gasteiger charge is 2.21. The van der Waals surface area contributed by atoms with Gasteiger partial charge < -0.3 is 26.4 Å². The van der Waals surface area contributed by atoms with Crippen LogP contribution in [0.25, 0.3) is 0 Å². The summed E-state index contributed by atoms with van der Waals surface area (Å²) in [6.07, 6.45) is -1.02. The van der Waals surface area contributed by atoms with Crippen LogP contribution in [0.1, 0.15) is 25.7 Å². The number of carbonyl (C=O) groups is 4. The predicted octanol–water partition coefficient (Wildman–Crippen LogP) is -1.39. The highest BCUT2D eigenvalue weighted by Crippen LogP contribution is 2.01. The number of rotatable bonds is 9. The molecular formula is C10H16N2O7. The predicted molar refractivity (Wildman–Crippen MR) is 61.3 cm³/mol. The van der Waals surface area contributed by atoms with Crippen molar-refractivity contribution in [3.63, 3.8) is 0 Å². The van der Waals surface area contributed by atoms with Crippen LogP contribution in [0, 0.1) is 0 Å². The van der Waals surface area contributed by atoms with Gasteiger partial charge in [0.05, 0.1) is 0 Å². The van der Waals surface area contributed by atoms with Crippen LogP contribution < -0.4 is 11.1 Å². The van der Waals surface area contributed by atoms with Gasteiger partial charge in [0.15, 0.2) is 0 Å². The maximum absolute atomic E-state index is 11.4. The van der Waals surface area contributed by atoms with Crippen molar-refractivity contribution in [1.82, 2.24) is 5.32 Å². The van der Waals surface area contributed by atoms with E-state index in [1.165, 1.54) is 0 Å². The van der Waals surface area contributed by atoms with Crippen LogP contribution in [0.15, 0.2) is 0 Å². The molecule has 0 aliphatic heterocycles. The fraction of sp³-hybridized carbons (Fsp3) is 0.600. The first-order chi connectivity index (χ1) is 8.73. The quantitative estimate of drug-likeness (QED) is 0.343. The van der Waals surface area contributed by atoms with E-state index < -0.39 is 42.3 Å². The Morgan fingerprint density at radius 1 is 0.947 bits per heavy atom. The summed E-state index contributed by atoms with van der Waals surface area (Å²) < 4.78 is 0. The SMILES string of the molecule is N[C@@H](CCC(=O)N[C@@H](CCC(=O)O)C(=O)O)C(=O)O. The summed E-state index contributed by atoms with van der Waals surface area (Å²) in [4.78, 5) is 42.8. The second kappa shape index (κ2) is 8.03. The Morgan fingerprint density at radius 3 is 1.95 bits per heavy atom. The average molecular weight is 276 g/mol. The van der Waals surface area contributed by atoms with Gasteiger partial charge >= 0.3 is 17.9 Å². The molecule has 0 heterocycles. The maximum atomic E-state index is 11.4. The van der Waals surface area contributed by atoms with Crippen LogP contribution in [0.5, 0.6) is 0 Å². The molecule has 1 amide bonds. The molecule has 0 aliphatic rings. The van der Waals surface area contributed by atoms with Gasteiger partial charge in [-0.05, 0) is 12.8 Å². The molecule has 0 saturated heterocycles. The first kappa shape index (κ1) is 16.8. The molecule has 0 aromatic carbocycles. The third-order valence-electron chi connectivity index (χ3n) is 2.28. The molecule has 0 fully saturated rings. The second-order valence-electron chi connectivity index (χ2n) is 3.87. The lowest BCUT2D eigenvalue weighted by molar-refractivity contribution is -0.143. The Bertz CT molecular complexity index is 369. The zero-order chi connectivity index (χ0) is 15.0. The van der Waals surface area contributed by atoms with E-state index in [2.05, 4.69) is 5.32 Å². The Labute approximate surface area is 108 Å². The zero-order valence-electron chi connectivity index (χ0n) is 10.0. The molecule has 6 N–H and O–H groups in total. The van der Waals surface area contributed by atoms with E-state index in [0.29, 0.717) is 0 Å². The van der Waals surface area contributed by atoms with Crippen molar-refractivity contribution in [1.29, 1.82) is 0 Å². The van der Waals surface area contributed by atoms with Gasteiger partial charge in [-0.2, -0.15) is 0 Å². The summed E-state index contributed by atoms with van der Waals surface area (Å²) in [7, 11) is 0. The van der Waals surface area contributed by atoms with Crippen molar-refractivity contribution < 1.29 is 34.5 Å². The van der Waals surface area contributed by atoms with E-state index in [4.69, 9.17) is 21.1 Å². The minimum Gasteiger partial charge on any atom is -0.481 e. The van der Waals surface area contributed by atoms with Gasteiger partial charge in [0.25, 0.3) is 0 Å². The molecule has 0 spiro atoms. The number of carboxylic acids is 3. The van der Waals surface area contributed by atoms with Crippen LogP contribution >= 0.6 is 0 Å². The normalized spacial score (nSPS) is 13.3. The molecule has 0 aliphatic carbocycles. The molecule has 0 rings (SSSR count). The number of hydrogen-bond acceptors (Lipinski definition) is 5. The van der Waals surface area contributed by atoms with E-state index in [-0.39, 0.29) is 19.3 Å². The molecule has 0 unspecified atom stereocenters. The first-order valence-corrected chi connectivity index (χ1v) is 5.46. The Morgan fingerprint density at radius 2 is 1.53 bits per heavy atom. The van der Waals surface area contributed by atoms with Gasteiger partial charge in [-0.25, -0.2) is 4.79 Å². The lowest BCUT2D eigenvalue weighted by Gasteiger charge is -2.14. The summed E-state index contributed by atoms with van der Waals surface area (Å²) in [6, 6.07) is -2.52. The summed E-state index contributed by atoms with van der Waals surface area (Å²) in [6.45, 7) is 0. The Hall–Kier alpha value is -2.16. The number of nitrogens with two attached hydrogens (primary N) is 1. The number of carbonyl (C=O) groups excluding carboxylic acids is 1. The smallest absolute Gasteiger partial charge is 0.326 e. The number of aliphatic carboxylic acids is 3. The molecule has 2 atom stereocenters. The first-order valence-electron chi connectivity index (χ1n) is 5.46. The molecule has 9 nitrogen and oxygen atoms in total. The van der Waals surface area contributed by atoms with Crippen molar-refractivity contribution in [2.24, 2.45) is 5.73 Å². The zero-order valence-corrected chi connectivity index (χ0v) is 10.0. The van der Waals surface area contributed by atoms with Crippen LogP contribution in [-0.4, -0.2) is 51.2 Å². The van der Waals surface area contributed by atoms with Gasteiger partial charge in [0, 0.05) is 12.8 Å². The third kappa shape index (κ3) is 7.71. The second-order valence-corrected chi connectivity index (χ2v) is 3.87. The van der Waals surface area contributed by atoms with E-state index in [1.807, 2.05) is 0 Å². The molecule has 0 saturated carbocycles. The molecule has 0 radical (unpaired) electrons. The fourth-order valence-electron chi connectivity index (χ4n) is 1.20. The van der Waals surface area contributed by atoms with Crippen molar-refractivity contribution in [3.05, 3.63) is 0 Å². The number of carboxylic acid groups (broad SMARTS) is 3. The summed E-state index contributed by atoms with van der Waals surface area (Å²) in [5, 5.41) is 27.8. The molecule has 19 heavy (non-hydrogen) atoms. The van der Waals surface area contributed by atoms with Crippen molar-refractivity contribution in [2.45, 2.75) is 37.8 Å². The van der Waals surface area contributed by atoms with Gasteiger partial charge in [0.2, 0.25) is 5.91 Å². The molecular weight excluding hydrogens is 260 g/mol. The molecule has 108 valence electrons. The van der Waals surface area contributed by atoms with Crippen LogP contribution in [0.2, 0.25) is 0 Å². The maximum Gasteiger partial charge on any atom is 0.326 e. The largest absolute Gasteiger partial charge is 0.481 e. The lowest BCUT2D eigenvalue weighted by Crippen LogP contribution is -2.42. The standard InChI is InChI=1S/C10H16N2O7/c11-5(9(16)17)1-3-7(13)12-6(10(18)19)2-4-8(14)15/h5-6H,1-4,11H2,(H,12,13)(H,14,15)(H,16,17)(H,18,19)/t5-,6-/m0/s1. The topological polar surface area (TPSA) is 167 Å². The summed E-state index contributed by atoms with van der Waals surface area (Å²) in [5.41, 5.74) is 5.18. The van der Waals surface area contributed by atoms with Gasteiger partial charge in [-0.15, -0.1) is 0 Å². The molecule has 0 bridgehead atoms. The van der Waals surface area contributed by atoms with Gasteiger partial charge in [-0.1, -0.05) is 0 Å². The van der Waals surface area contributed by atoms with Gasteiger partial charge in [0.1, 0.15) is 12.1 Å². The Kier molecular flexibility index (Phi) is 7.12. The highest BCUT2D eigenvalue weighted by atomic mass is 16.4. The third-order valence-corrected chi connectivity index (χ3v) is 2.28. The number of hydrogen-bond donors (Lipinski definition) is 5.